The first-order valence-corrected chi connectivity index (χ1v) is 12.4. The van der Waals surface area contributed by atoms with Crippen molar-refractivity contribution in [1.29, 1.82) is 0 Å². The fourth-order valence-electron chi connectivity index (χ4n) is 8.50. The number of para-hydroxylation sites is 2. The maximum Gasteiger partial charge on any atom is 0.140 e. The van der Waals surface area contributed by atoms with Crippen LogP contribution in [0.25, 0.3) is 16.6 Å². The first-order valence-electron chi connectivity index (χ1n) is 12.4. The lowest BCUT2D eigenvalue weighted by Crippen LogP contribution is -2.53. The molecule has 31 heavy (non-hydrogen) atoms. The first-order chi connectivity index (χ1) is 14.8. The summed E-state index contributed by atoms with van der Waals surface area (Å²) in [6.45, 7) is 4.84. The molecule has 7 atom stereocenters. The molecule has 1 aromatic carbocycles. The highest BCUT2D eigenvalue weighted by atomic mass is 16.3. The third-order valence-corrected chi connectivity index (χ3v) is 10.3. The zero-order valence-corrected chi connectivity index (χ0v) is 19.1. The predicted octanol–water partition coefficient (Wildman–Crippen LogP) is 5.86. The quantitative estimate of drug-likeness (QED) is 0.608. The Kier molecular flexibility index (Phi) is 4.23. The van der Waals surface area contributed by atoms with Crippen LogP contribution in [0, 0.1) is 34.5 Å². The van der Waals surface area contributed by atoms with E-state index in [0.29, 0.717) is 28.9 Å². The van der Waals surface area contributed by atoms with Crippen LogP contribution in [0.3, 0.4) is 0 Å². The largest absolute Gasteiger partial charge is 0.511 e. The number of aliphatic hydroxyl groups excluding tert-OH is 2. The topological polar surface area (TPSA) is 58.3 Å². The van der Waals surface area contributed by atoms with Crippen molar-refractivity contribution in [2.24, 2.45) is 41.5 Å². The monoisotopic (exact) mass is 420 g/mol. The highest BCUT2D eigenvalue weighted by Gasteiger charge is 2.60. The van der Waals surface area contributed by atoms with E-state index in [1.807, 2.05) is 6.07 Å². The van der Waals surface area contributed by atoms with Gasteiger partial charge in [-0.3, -0.25) is 0 Å². The standard InChI is InChI=1S/C27H36N2O2/c1-26-12-10-17(30)14-16(26)8-9-18-20(26)11-13-27(2)21(18)15-19(24(27)31)25-28-22-6-4-5-7-23(22)29(25)3/h4-7,16-18,20-21,30-31H,8-15H2,1-3H3/t16-,17-,18+,20-,21-,26-,27-/m0/s1. The fraction of sp³-hybridized carbons (Fsp3) is 0.667. The molecule has 0 aliphatic heterocycles. The van der Waals surface area contributed by atoms with E-state index in [1.165, 1.54) is 25.7 Å². The van der Waals surface area contributed by atoms with Crippen LogP contribution in [0.5, 0.6) is 0 Å². The third kappa shape index (κ3) is 2.60. The van der Waals surface area contributed by atoms with E-state index in [2.05, 4.69) is 43.7 Å². The van der Waals surface area contributed by atoms with Gasteiger partial charge >= 0.3 is 0 Å². The number of imidazole rings is 1. The van der Waals surface area contributed by atoms with E-state index >= 15 is 0 Å². The molecular weight excluding hydrogens is 384 g/mol. The summed E-state index contributed by atoms with van der Waals surface area (Å²) in [7, 11) is 2.08. The van der Waals surface area contributed by atoms with Crippen molar-refractivity contribution in [3.8, 4) is 0 Å². The summed E-state index contributed by atoms with van der Waals surface area (Å²) in [5.41, 5.74) is 3.46. The van der Waals surface area contributed by atoms with Gasteiger partial charge in [-0.2, -0.15) is 0 Å². The molecule has 0 bridgehead atoms. The zero-order valence-electron chi connectivity index (χ0n) is 19.1. The van der Waals surface area contributed by atoms with Crippen LogP contribution in [-0.4, -0.2) is 25.9 Å². The molecule has 0 spiro atoms. The van der Waals surface area contributed by atoms with Crippen molar-refractivity contribution >= 4 is 16.6 Å². The van der Waals surface area contributed by atoms with Crippen LogP contribution in [0.15, 0.2) is 30.0 Å². The van der Waals surface area contributed by atoms with Gasteiger partial charge in [0.05, 0.1) is 17.1 Å². The molecule has 0 radical (unpaired) electrons. The van der Waals surface area contributed by atoms with Crippen LogP contribution in [-0.2, 0) is 7.05 Å². The van der Waals surface area contributed by atoms with Crippen LogP contribution < -0.4 is 0 Å². The molecule has 4 nitrogen and oxygen atoms in total. The Balaban J connectivity index is 1.36. The van der Waals surface area contributed by atoms with E-state index in [-0.39, 0.29) is 11.5 Å². The average Bonchev–Trinajstić information content (AvgIpc) is 3.23. The number of rotatable bonds is 1. The van der Waals surface area contributed by atoms with Gasteiger partial charge in [0.2, 0.25) is 0 Å². The summed E-state index contributed by atoms with van der Waals surface area (Å²) >= 11 is 0. The maximum atomic E-state index is 11.6. The first kappa shape index (κ1) is 19.8. The number of fused-ring (bicyclic) bond motifs is 6. The molecule has 0 unspecified atom stereocenters. The van der Waals surface area contributed by atoms with Gasteiger partial charge in [-0.15, -0.1) is 0 Å². The van der Waals surface area contributed by atoms with Crippen LogP contribution in [0.4, 0.5) is 0 Å². The second-order valence-corrected chi connectivity index (χ2v) is 11.6. The summed E-state index contributed by atoms with van der Waals surface area (Å²) in [6, 6.07) is 8.27. The molecule has 4 aliphatic carbocycles. The molecule has 0 amide bonds. The molecule has 1 aromatic heterocycles. The molecule has 166 valence electrons. The lowest BCUT2D eigenvalue weighted by Gasteiger charge is -2.60. The number of benzene rings is 1. The second kappa shape index (κ2) is 6.60. The lowest BCUT2D eigenvalue weighted by molar-refractivity contribution is -0.121. The number of aryl methyl sites for hydroxylation is 1. The highest BCUT2D eigenvalue weighted by Crippen LogP contribution is 2.67. The van der Waals surface area contributed by atoms with Crippen molar-refractivity contribution < 1.29 is 10.2 Å². The van der Waals surface area contributed by atoms with E-state index < -0.39 is 0 Å². The van der Waals surface area contributed by atoms with E-state index in [9.17, 15) is 10.2 Å². The molecular formula is C27H36N2O2. The van der Waals surface area contributed by atoms with Gasteiger partial charge in [-0.05, 0) is 92.6 Å². The maximum absolute atomic E-state index is 11.6. The molecule has 2 aromatic rings. The van der Waals surface area contributed by atoms with Crippen molar-refractivity contribution in [2.45, 2.75) is 71.3 Å². The van der Waals surface area contributed by atoms with Crippen LogP contribution >= 0.6 is 0 Å². The summed E-state index contributed by atoms with van der Waals surface area (Å²) < 4.78 is 2.17. The van der Waals surface area contributed by atoms with Gasteiger partial charge in [0.25, 0.3) is 0 Å². The van der Waals surface area contributed by atoms with E-state index in [0.717, 1.165) is 54.0 Å². The smallest absolute Gasteiger partial charge is 0.140 e. The highest BCUT2D eigenvalue weighted by molar-refractivity contribution is 5.81. The summed E-state index contributed by atoms with van der Waals surface area (Å²) in [6.07, 6.45) is 8.76. The second-order valence-electron chi connectivity index (χ2n) is 11.6. The Morgan fingerprint density at radius 2 is 1.84 bits per heavy atom. The SMILES string of the molecule is Cn1c(C2=C(O)[C@@]3(C)CC[C@H]4[C@@H](CC[C@H]5C[C@@H](O)CC[C@@]54C)[C@@H]3C2)nc2ccccc21. The Morgan fingerprint density at radius 1 is 1.03 bits per heavy atom. The van der Waals surface area contributed by atoms with Gasteiger partial charge < -0.3 is 14.8 Å². The number of aliphatic hydroxyl groups is 2. The van der Waals surface area contributed by atoms with Crippen LogP contribution in [0.1, 0.15) is 71.0 Å². The van der Waals surface area contributed by atoms with Crippen LogP contribution in [0.2, 0.25) is 0 Å². The molecule has 3 fully saturated rings. The van der Waals surface area contributed by atoms with Crippen molar-refractivity contribution in [3.63, 3.8) is 0 Å². The Bertz CT molecular complexity index is 1070. The average molecular weight is 421 g/mol. The normalized spacial score (nSPS) is 42.4. The van der Waals surface area contributed by atoms with Gasteiger partial charge in [-0.1, -0.05) is 26.0 Å². The minimum atomic E-state index is -0.119. The summed E-state index contributed by atoms with van der Waals surface area (Å²) in [5.74, 6) is 4.14. The third-order valence-electron chi connectivity index (χ3n) is 10.3. The van der Waals surface area contributed by atoms with Crippen molar-refractivity contribution in [1.82, 2.24) is 9.55 Å². The number of hydrogen-bond acceptors (Lipinski definition) is 3. The number of hydrogen-bond donors (Lipinski definition) is 2. The van der Waals surface area contributed by atoms with Gasteiger partial charge in [0, 0.05) is 18.0 Å². The Hall–Kier alpha value is -1.81. The molecule has 3 saturated carbocycles. The minimum absolute atomic E-state index is 0.0928. The lowest BCUT2D eigenvalue weighted by atomic mass is 9.45. The molecule has 1 heterocycles. The molecule has 4 aliphatic rings. The molecule has 2 N–H and O–H groups in total. The zero-order chi connectivity index (χ0) is 21.5. The van der Waals surface area contributed by atoms with E-state index in [1.54, 1.807) is 0 Å². The predicted molar refractivity (Wildman–Crippen MR) is 123 cm³/mol. The van der Waals surface area contributed by atoms with Gasteiger partial charge in [-0.25, -0.2) is 4.98 Å². The van der Waals surface area contributed by atoms with Crippen molar-refractivity contribution in [3.05, 3.63) is 35.8 Å². The summed E-state index contributed by atoms with van der Waals surface area (Å²) in [5, 5.41) is 21.8. The Morgan fingerprint density at radius 3 is 2.65 bits per heavy atom. The molecule has 6 rings (SSSR count). The summed E-state index contributed by atoms with van der Waals surface area (Å²) in [4.78, 5) is 4.94. The minimum Gasteiger partial charge on any atom is -0.511 e. The van der Waals surface area contributed by atoms with Gasteiger partial charge in [0.15, 0.2) is 0 Å². The number of nitrogens with zero attached hydrogens (tertiary/aromatic N) is 2. The Labute approximate surface area is 185 Å². The van der Waals surface area contributed by atoms with Crippen molar-refractivity contribution in [2.75, 3.05) is 0 Å². The molecule has 4 heteroatoms. The number of aromatic nitrogens is 2. The van der Waals surface area contributed by atoms with Gasteiger partial charge in [0.1, 0.15) is 11.6 Å². The fourth-order valence-corrected chi connectivity index (χ4v) is 8.50. The molecule has 0 saturated heterocycles. The van der Waals surface area contributed by atoms with E-state index in [4.69, 9.17) is 4.98 Å². The number of allylic oxidation sites excluding steroid dienone is 2.